The minimum atomic E-state index is -3.37. The number of piperazine rings is 1. The van der Waals surface area contributed by atoms with E-state index in [1.54, 1.807) is 20.8 Å². The number of nitrogens with one attached hydrogen (secondary N) is 2. The molecule has 2 aromatic carbocycles. The van der Waals surface area contributed by atoms with Crippen molar-refractivity contribution in [1.29, 1.82) is 0 Å². The normalized spacial score (nSPS) is 21.6. The van der Waals surface area contributed by atoms with Gasteiger partial charge >= 0.3 is 0 Å². The number of hydrogen-bond acceptors (Lipinski definition) is 5. The highest BCUT2D eigenvalue weighted by molar-refractivity contribution is 7.90. The Balaban J connectivity index is 1.24. The molecule has 1 aliphatic carbocycles. The van der Waals surface area contributed by atoms with Crippen LogP contribution in [0, 0.1) is 5.92 Å². The standard InChI is InChI=1S/C27H38N4O3S/c1-27(2,3)35(33,34)29-23-11-9-21(10-12-23)26(32)28-22-13-15-25(16-14-22)31-19-17-30(18-20-31)24-7-5-4-6-8-24/h4-8,13-16,21,23,29H,9-12,17-20H2,1-3H3,(H,28,32)/t21-,23-. The third-order valence-electron chi connectivity index (χ3n) is 7.13. The van der Waals surface area contributed by atoms with Crippen molar-refractivity contribution >= 4 is 33.0 Å². The Morgan fingerprint density at radius 1 is 0.800 bits per heavy atom. The van der Waals surface area contributed by atoms with Crippen molar-refractivity contribution < 1.29 is 13.2 Å². The molecular weight excluding hydrogens is 460 g/mol. The minimum Gasteiger partial charge on any atom is -0.368 e. The van der Waals surface area contributed by atoms with Crippen LogP contribution in [-0.4, -0.2) is 51.3 Å². The first-order valence-electron chi connectivity index (χ1n) is 12.6. The van der Waals surface area contributed by atoms with Crippen LogP contribution in [0.25, 0.3) is 0 Å². The van der Waals surface area contributed by atoms with E-state index in [9.17, 15) is 13.2 Å². The fourth-order valence-corrected chi connectivity index (χ4v) is 5.76. The topological polar surface area (TPSA) is 81.7 Å². The van der Waals surface area contributed by atoms with Gasteiger partial charge in [-0.1, -0.05) is 18.2 Å². The van der Waals surface area contributed by atoms with E-state index in [1.165, 1.54) is 11.4 Å². The molecular formula is C27H38N4O3S. The number of carbonyl (C=O) groups excluding carboxylic acids is 1. The van der Waals surface area contributed by atoms with Gasteiger partial charge in [0.2, 0.25) is 15.9 Å². The molecule has 190 valence electrons. The predicted molar refractivity (Wildman–Crippen MR) is 143 cm³/mol. The van der Waals surface area contributed by atoms with Crippen LogP contribution in [0.2, 0.25) is 0 Å². The van der Waals surface area contributed by atoms with E-state index in [0.29, 0.717) is 25.7 Å². The third-order valence-corrected chi connectivity index (χ3v) is 9.38. The second kappa shape index (κ2) is 10.6. The second-order valence-electron chi connectivity index (χ2n) is 10.6. The van der Waals surface area contributed by atoms with Crippen LogP contribution in [0.15, 0.2) is 54.6 Å². The molecule has 0 unspecified atom stereocenters. The van der Waals surface area contributed by atoms with Crippen LogP contribution < -0.4 is 19.8 Å². The zero-order valence-electron chi connectivity index (χ0n) is 21.0. The number of nitrogens with zero attached hydrogens (tertiary/aromatic N) is 2. The fourth-order valence-electron chi connectivity index (χ4n) is 4.73. The number of anilines is 3. The molecule has 2 aromatic rings. The molecule has 2 aliphatic rings. The molecule has 1 saturated carbocycles. The number of amides is 1. The molecule has 0 bridgehead atoms. The maximum absolute atomic E-state index is 12.8. The third kappa shape index (κ3) is 6.35. The Bertz CT molecular complexity index is 1080. The lowest BCUT2D eigenvalue weighted by Crippen LogP contribution is -2.46. The summed E-state index contributed by atoms with van der Waals surface area (Å²) >= 11 is 0. The number of para-hydroxylation sites is 1. The summed E-state index contributed by atoms with van der Waals surface area (Å²) in [5.74, 6) is -0.0671. The van der Waals surface area contributed by atoms with Gasteiger partial charge in [-0.05, 0) is 82.9 Å². The quantitative estimate of drug-likeness (QED) is 0.623. The number of sulfonamides is 1. The van der Waals surface area contributed by atoms with Crippen molar-refractivity contribution in [2.24, 2.45) is 5.92 Å². The average Bonchev–Trinajstić information content (AvgIpc) is 2.85. The first-order chi connectivity index (χ1) is 16.6. The van der Waals surface area contributed by atoms with E-state index in [2.05, 4.69) is 56.2 Å². The molecule has 7 nitrogen and oxygen atoms in total. The highest BCUT2D eigenvalue weighted by atomic mass is 32.2. The molecule has 0 atom stereocenters. The van der Waals surface area contributed by atoms with Gasteiger partial charge in [-0.3, -0.25) is 4.79 Å². The minimum absolute atomic E-state index is 0.0198. The number of hydrogen-bond donors (Lipinski definition) is 2. The second-order valence-corrected chi connectivity index (χ2v) is 13.1. The van der Waals surface area contributed by atoms with Gasteiger partial charge in [0.05, 0.1) is 4.75 Å². The summed E-state index contributed by atoms with van der Waals surface area (Å²) in [6.45, 7) is 8.98. The summed E-state index contributed by atoms with van der Waals surface area (Å²) in [5.41, 5.74) is 3.24. The van der Waals surface area contributed by atoms with E-state index in [1.807, 2.05) is 18.2 Å². The molecule has 0 radical (unpaired) electrons. The molecule has 8 heteroatoms. The molecule has 4 rings (SSSR count). The van der Waals surface area contributed by atoms with Crippen molar-refractivity contribution in [3.8, 4) is 0 Å². The van der Waals surface area contributed by atoms with Gasteiger partial charge in [0, 0.05) is 55.2 Å². The fraction of sp³-hybridized carbons (Fsp3) is 0.519. The Morgan fingerprint density at radius 2 is 1.31 bits per heavy atom. The first kappa shape index (κ1) is 25.5. The Hall–Kier alpha value is -2.58. The molecule has 1 saturated heterocycles. The van der Waals surface area contributed by atoms with Crippen LogP contribution >= 0.6 is 0 Å². The van der Waals surface area contributed by atoms with Crippen molar-refractivity contribution in [2.45, 2.75) is 57.2 Å². The molecule has 1 amide bonds. The smallest absolute Gasteiger partial charge is 0.227 e. The van der Waals surface area contributed by atoms with Crippen LogP contribution in [0.5, 0.6) is 0 Å². The lowest BCUT2D eigenvalue weighted by Gasteiger charge is -2.37. The first-order valence-corrected chi connectivity index (χ1v) is 14.1. The lowest BCUT2D eigenvalue weighted by molar-refractivity contribution is -0.120. The number of benzene rings is 2. The number of carbonyl (C=O) groups is 1. The van der Waals surface area contributed by atoms with E-state index >= 15 is 0 Å². The van der Waals surface area contributed by atoms with E-state index in [0.717, 1.165) is 31.9 Å². The van der Waals surface area contributed by atoms with E-state index < -0.39 is 14.8 Å². The van der Waals surface area contributed by atoms with Gasteiger partial charge in [-0.2, -0.15) is 0 Å². The Morgan fingerprint density at radius 3 is 1.83 bits per heavy atom. The summed E-state index contributed by atoms with van der Waals surface area (Å²) in [5, 5.41) is 3.05. The maximum Gasteiger partial charge on any atom is 0.227 e. The summed E-state index contributed by atoms with van der Waals surface area (Å²) in [4.78, 5) is 17.6. The molecule has 0 spiro atoms. The summed E-state index contributed by atoms with van der Waals surface area (Å²) in [6.07, 6.45) is 2.74. The van der Waals surface area contributed by atoms with Crippen molar-refractivity contribution in [1.82, 2.24) is 4.72 Å². The monoisotopic (exact) mass is 498 g/mol. The zero-order chi connectivity index (χ0) is 25.1. The molecule has 2 fully saturated rings. The van der Waals surface area contributed by atoms with Gasteiger partial charge in [-0.25, -0.2) is 13.1 Å². The molecule has 2 N–H and O–H groups in total. The molecule has 1 aliphatic heterocycles. The van der Waals surface area contributed by atoms with Crippen LogP contribution in [0.1, 0.15) is 46.5 Å². The van der Waals surface area contributed by atoms with Crippen molar-refractivity contribution in [2.75, 3.05) is 41.3 Å². The molecule has 0 aromatic heterocycles. The number of rotatable bonds is 6. The van der Waals surface area contributed by atoms with Gasteiger partial charge in [0.15, 0.2) is 0 Å². The summed E-state index contributed by atoms with van der Waals surface area (Å²) < 4.78 is 26.8. The zero-order valence-corrected chi connectivity index (χ0v) is 21.9. The average molecular weight is 499 g/mol. The SMILES string of the molecule is CC(C)(C)S(=O)(=O)N[C@H]1CC[C@H](C(=O)Nc2ccc(N3CCN(c4ccccc4)CC3)cc2)CC1. The highest BCUT2D eigenvalue weighted by Crippen LogP contribution is 2.28. The predicted octanol–water partition coefficient (Wildman–Crippen LogP) is 4.23. The van der Waals surface area contributed by atoms with Gasteiger partial charge in [-0.15, -0.1) is 0 Å². The van der Waals surface area contributed by atoms with Crippen molar-refractivity contribution in [3.63, 3.8) is 0 Å². The van der Waals surface area contributed by atoms with Gasteiger partial charge < -0.3 is 15.1 Å². The van der Waals surface area contributed by atoms with E-state index in [-0.39, 0.29) is 17.9 Å². The Kier molecular flexibility index (Phi) is 7.71. The van der Waals surface area contributed by atoms with Gasteiger partial charge in [0.25, 0.3) is 0 Å². The molecule has 35 heavy (non-hydrogen) atoms. The van der Waals surface area contributed by atoms with Crippen LogP contribution in [0.4, 0.5) is 17.1 Å². The Labute approximate surface area is 209 Å². The highest BCUT2D eigenvalue weighted by Gasteiger charge is 2.34. The van der Waals surface area contributed by atoms with Gasteiger partial charge in [0.1, 0.15) is 0 Å². The lowest BCUT2D eigenvalue weighted by atomic mass is 9.86. The van der Waals surface area contributed by atoms with E-state index in [4.69, 9.17) is 0 Å². The van der Waals surface area contributed by atoms with Crippen LogP contribution in [-0.2, 0) is 14.8 Å². The summed E-state index contributed by atoms with van der Waals surface area (Å²) in [7, 11) is -3.37. The maximum atomic E-state index is 12.8. The molecule has 1 heterocycles. The summed E-state index contributed by atoms with van der Waals surface area (Å²) in [6, 6.07) is 18.5. The van der Waals surface area contributed by atoms with Crippen LogP contribution in [0.3, 0.4) is 0 Å². The largest absolute Gasteiger partial charge is 0.368 e. The van der Waals surface area contributed by atoms with Crippen molar-refractivity contribution in [3.05, 3.63) is 54.6 Å².